The number of allylic oxidation sites excluding steroid dienone is 8. The van der Waals surface area contributed by atoms with Crippen LogP contribution >= 0.6 is 7.82 Å². The van der Waals surface area contributed by atoms with Crippen molar-refractivity contribution in [1.29, 1.82) is 0 Å². The highest BCUT2D eigenvalue weighted by molar-refractivity contribution is 7.47. The lowest BCUT2D eigenvalue weighted by Gasteiger charge is -2.20. The van der Waals surface area contributed by atoms with Crippen molar-refractivity contribution < 1.29 is 47.5 Å². The van der Waals surface area contributed by atoms with E-state index in [-0.39, 0.29) is 19.4 Å². The number of nitrogens with two attached hydrogens (primary N) is 1. The van der Waals surface area contributed by atoms with E-state index >= 15 is 0 Å². The summed E-state index contributed by atoms with van der Waals surface area (Å²) in [5.74, 6) is -2.49. The van der Waals surface area contributed by atoms with Crippen LogP contribution in [0.3, 0.4) is 0 Å². The zero-order valence-corrected chi connectivity index (χ0v) is 27.4. The van der Waals surface area contributed by atoms with Crippen molar-refractivity contribution in [3.8, 4) is 0 Å². The Kier molecular flexibility index (Phi) is 26.3. The molecule has 0 aliphatic heterocycles. The standard InChI is InChI=1S/C32H54NO10P/c1-3-5-7-9-11-12-13-14-15-16-18-20-22-24-31(35)43-28(26-41-44(38,39)42-27-29(33)32(36)37)25-40-30(34)23-21-19-17-10-8-6-4-2/h5,7,9,11-13,17,19,28-29H,3-4,6,8,10,14-16,18,20-27,33H2,1-2H3,(H,36,37)(H,38,39)/b7-5+,11-9+,13-12+,19-17+/t28?,29-/m0/s1. The van der Waals surface area contributed by atoms with Gasteiger partial charge in [-0.15, -0.1) is 0 Å². The number of hydrogen-bond acceptors (Lipinski definition) is 9. The average molecular weight is 644 g/mol. The number of carboxylic acids is 1. The number of hydrogen-bond donors (Lipinski definition) is 3. The Morgan fingerprint density at radius 2 is 1.34 bits per heavy atom. The molecule has 11 nitrogen and oxygen atoms in total. The highest BCUT2D eigenvalue weighted by Gasteiger charge is 2.28. The number of aliphatic carboxylic acids is 1. The molecule has 0 saturated carbocycles. The van der Waals surface area contributed by atoms with Crippen molar-refractivity contribution >= 4 is 25.7 Å². The van der Waals surface area contributed by atoms with Gasteiger partial charge in [0.1, 0.15) is 12.6 Å². The molecule has 0 bridgehead atoms. The summed E-state index contributed by atoms with van der Waals surface area (Å²) >= 11 is 0. The van der Waals surface area contributed by atoms with Crippen LogP contribution in [0, 0.1) is 0 Å². The van der Waals surface area contributed by atoms with Crippen LogP contribution in [-0.2, 0) is 37.5 Å². The van der Waals surface area contributed by atoms with Gasteiger partial charge in [0.2, 0.25) is 0 Å². The summed E-state index contributed by atoms with van der Waals surface area (Å²) in [5, 5.41) is 8.80. The first-order valence-corrected chi connectivity index (χ1v) is 17.2. The van der Waals surface area contributed by atoms with E-state index in [0.717, 1.165) is 64.2 Å². The number of esters is 2. The smallest absolute Gasteiger partial charge is 0.472 e. The Bertz CT molecular complexity index is 947. The van der Waals surface area contributed by atoms with E-state index in [1.54, 1.807) is 0 Å². The largest absolute Gasteiger partial charge is 0.480 e. The molecule has 252 valence electrons. The molecule has 12 heteroatoms. The monoisotopic (exact) mass is 643 g/mol. The zero-order chi connectivity index (χ0) is 32.9. The molecule has 0 spiro atoms. The van der Waals surface area contributed by atoms with E-state index in [1.807, 2.05) is 36.5 Å². The third-order valence-corrected chi connectivity index (χ3v) is 7.09. The summed E-state index contributed by atoms with van der Waals surface area (Å²) < 4.78 is 32.2. The van der Waals surface area contributed by atoms with Crippen LogP contribution in [0.25, 0.3) is 0 Å². The minimum atomic E-state index is -4.71. The van der Waals surface area contributed by atoms with Crippen LogP contribution in [-0.4, -0.2) is 59.9 Å². The van der Waals surface area contributed by atoms with Crippen LogP contribution in [0.15, 0.2) is 48.6 Å². The minimum Gasteiger partial charge on any atom is -0.480 e. The first-order valence-electron chi connectivity index (χ1n) is 15.7. The lowest BCUT2D eigenvalue weighted by molar-refractivity contribution is -0.161. The van der Waals surface area contributed by atoms with Gasteiger partial charge in [-0.05, 0) is 44.9 Å². The molecule has 0 rings (SSSR count). The fourth-order valence-electron chi connectivity index (χ4n) is 3.61. The molecule has 0 aromatic rings. The van der Waals surface area contributed by atoms with Crippen molar-refractivity contribution in [3.05, 3.63) is 48.6 Å². The van der Waals surface area contributed by atoms with E-state index in [1.165, 1.54) is 0 Å². The fraction of sp³-hybridized carbons (Fsp3) is 0.656. The predicted molar refractivity (Wildman–Crippen MR) is 171 cm³/mol. The number of unbranched alkanes of at least 4 members (excludes halogenated alkanes) is 8. The third-order valence-electron chi connectivity index (χ3n) is 6.14. The molecule has 44 heavy (non-hydrogen) atoms. The summed E-state index contributed by atoms with van der Waals surface area (Å²) in [5.41, 5.74) is 5.28. The molecule has 0 aromatic carbocycles. The van der Waals surface area contributed by atoms with Gasteiger partial charge in [0.05, 0.1) is 13.2 Å². The van der Waals surface area contributed by atoms with Gasteiger partial charge in [0.15, 0.2) is 6.10 Å². The van der Waals surface area contributed by atoms with Crippen LogP contribution in [0.4, 0.5) is 0 Å². The molecular weight excluding hydrogens is 589 g/mol. The van der Waals surface area contributed by atoms with Gasteiger partial charge in [-0.1, -0.05) is 94.6 Å². The van der Waals surface area contributed by atoms with Crippen molar-refractivity contribution in [2.45, 2.75) is 116 Å². The number of carbonyl (C=O) groups excluding carboxylic acids is 2. The molecule has 4 N–H and O–H groups in total. The van der Waals surface area contributed by atoms with Gasteiger partial charge in [-0.2, -0.15) is 0 Å². The number of phosphoric ester groups is 1. The van der Waals surface area contributed by atoms with Gasteiger partial charge in [0.25, 0.3) is 0 Å². The van der Waals surface area contributed by atoms with E-state index in [4.69, 9.17) is 24.8 Å². The van der Waals surface area contributed by atoms with E-state index < -0.39 is 51.1 Å². The maximum atomic E-state index is 12.4. The lowest BCUT2D eigenvalue weighted by atomic mass is 10.1. The molecule has 3 atom stereocenters. The molecule has 0 aromatic heterocycles. The normalized spacial score (nSPS) is 14.8. The molecule has 0 saturated heterocycles. The zero-order valence-electron chi connectivity index (χ0n) is 26.5. The van der Waals surface area contributed by atoms with E-state index in [2.05, 4.69) is 30.5 Å². The number of carboxylic acid groups (broad SMARTS) is 1. The van der Waals surface area contributed by atoms with Gasteiger partial charge < -0.3 is 25.2 Å². The van der Waals surface area contributed by atoms with Crippen molar-refractivity contribution in [3.63, 3.8) is 0 Å². The molecule has 0 radical (unpaired) electrons. The average Bonchev–Trinajstić information content (AvgIpc) is 2.99. The highest BCUT2D eigenvalue weighted by Crippen LogP contribution is 2.43. The summed E-state index contributed by atoms with van der Waals surface area (Å²) in [6.07, 6.45) is 26.7. The molecule has 0 aliphatic carbocycles. The van der Waals surface area contributed by atoms with Crippen LogP contribution < -0.4 is 5.73 Å². The van der Waals surface area contributed by atoms with Crippen molar-refractivity contribution in [1.82, 2.24) is 0 Å². The number of carbonyl (C=O) groups is 3. The Morgan fingerprint density at radius 3 is 2.05 bits per heavy atom. The summed E-state index contributed by atoms with van der Waals surface area (Å²) in [7, 11) is -4.71. The van der Waals surface area contributed by atoms with Gasteiger partial charge in [-0.25, -0.2) is 4.57 Å². The second kappa shape index (κ2) is 28.0. The van der Waals surface area contributed by atoms with Gasteiger partial charge >= 0.3 is 25.7 Å². The molecular formula is C32H54NO10P. The number of phosphoric acid groups is 1. The van der Waals surface area contributed by atoms with E-state index in [9.17, 15) is 23.8 Å². The third kappa shape index (κ3) is 27.0. The quantitative estimate of drug-likeness (QED) is 0.0272. The van der Waals surface area contributed by atoms with Gasteiger partial charge in [0, 0.05) is 12.8 Å². The highest BCUT2D eigenvalue weighted by atomic mass is 31.2. The number of rotatable bonds is 28. The molecule has 0 heterocycles. The molecule has 0 fully saturated rings. The SMILES string of the molecule is CC/C=C/C=C/C=C/CCCCCCCC(=O)OC(COC(=O)CC/C=C/CCCCC)COP(=O)(O)OC[C@H](N)C(=O)O. The van der Waals surface area contributed by atoms with E-state index in [0.29, 0.717) is 12.8 Å². The Balaban J connectivity index is 4.61. The topological polar surface area (TPSA) is 172 Å². The second-order valence-corrected chi connectivity index (χ2v) is 11.7. The first kappa shape index (κ1) is 41.4. The Hall–Kier alpha value is -2.56. The fourth-order valence-corrected chi connectivity index (χ4v) is 4.39. The van der Waals surface area contributed by atoms with Crippen LogP contribution in [0.1, 0.15) is 104 Å². The van der Waals surface area contributed by atoms with Crippen LogP contribution in [0.5, 0.6) is 0 Å². The summed E-state index contributed by atoms with van der Waals surface area (Å²) in [6, 6.07) is -1.53. The van der Waals surface area contributed by atoms with Crippen LogP contribution in [0.2, 0.25) is 0 Å². The summed E-state index contributed by atoms with van der Waals surface area (Å²) in [4.78, 5) is 45.3. The Labute approximate surface area is 263 Å². The molecule has 0 amide bonds. The number of ether oxygens (including phenoxy) is 2. The molecule has 0 aliphatic rings. The van der Waals surface area contributed by atoms with Crippen molar-refractivity contribution in [2.75, 3.05) is 19.8 Å². The minimum absolute atomic E-state index is 0.128. The predicted octanol–water partition coefficient (Wildman–Crippen LogP) is 6.71. The Morgan fingerprint density at radius 1 is 0.727 bits per heavy atom. The van der Waals surface area contributed by atoms with Crippen molar-refractivity contribution in [2.24, 2.45) is 5.73 Å². The second-order valence-electron chi connectivity index (χ2n) is 10.3. The molecule has 2 unspecified atom stereocenters. The van der Waals surface area contributed by atoms with Gasteiger partial charge in [-0.3, -0.25) is 23.4 Å². The maximum absolute atomic E-state index is 12.4. The first-order chi connectivity index (χ1) is 21.1. The lowest BCUT2D eigenvalue weighted by Crippen LogP contribution is -2.34. The maximum Gasteiger partial charge on any atom is 0.472 e. The summed E-state index contributed by atoms with van der Waals surface area (Å²) in [6.45, 7) is 2.47.